The van der Waals surface area contributed by atoms with Crippen molar-refractivity contribution in [2.24, 2.45) is 0 Å². The Balaban J connectivity index is 1.59. The van der Waals surface area contributed by atoms with E-state index in [2.05, 4.69) is 20.9 Å². The maximum Gasteiger partial charge on any atom is 0.273 e. The van der Waals surface area contributed by atoms with Gasteiger partial charge in [-0.2, -0.15) is 0 Å². The van der Waals surface area contributed by atoms with Crippen molar-refractivity contribution in [2.45, 2.75) is 25.4 Å². The number of nitrogens with one attached hydrogen (secondary N) is 2. The Bertz CT molecular complexity index is 559. The van der Waals surface area contributed by atoms with Crippen LogP contribution in [0.4, 0.5) is 0 Å². The summed E-state index contributed by atoms with van der Waals surface area (Å²) in [6.07, 6.45) is 3.81. The second-order valence-corrected chi connectivity index (χ2v) is 5.93. The van der Waals surface area contributed by atoms with Gasteiger partial charge in [-0.1, -0.05) is 11.3 Å². The van der Waals surface area contributed by atoms with E-state index in [4.69, 9.17) is 0 Å². The normalized spacial score (nSPS) is 18.9. The molecule has 106 valence electrons. The molecule has 0 spiro atoms. The van der Waals surface area contributed by atoms with E-state index in [9.17, 15) is 4.79 Å². The standard InChI is InChI=1S/C13H17N5OS/c19-13(15-10-3-1-5-14-7-10)12-9-18(17-16-12)8-11-4-2-6-20-11/h2,4,6,9-10,14H,1,3,5,7-8H2,(H,15,19)/t10-/m0/s1. The number of thiophene rings is 1. The lowest BCUT2D eigenvalue weighted by Crippen LogP contribution is -2.45. The van der Waals surface area contributed by atoms with Crippen LogP contribution in [-0.4, -0.2) is 40.0 Å². The van der Waals surface area contributed by atoms with Crippen LogP contribution in [0.5, 0.6) is 0 Å². The monoisotopic (exact) mass is 291 g/mol. The predicted molar refractivity (Wildman–Crippen MR) is 76.8 cm³/mol. The van der Waals surface area contributed by atoms with Crippen molar-refractivity contribution in [1.29, 1.82) is 0 Å². The lowest BCUT2D eigenvalue weighted by Gasteiger charge is -2.23. The molecule has 0 aliphatic carbocycles. The molecule has 3 heterocycles. The first-order valence-electron chi connectivity index (χ1n) is 6.75. The molecule has 0 unspecified atom stereocenters. The van der Waals surface area contributed by atoms with Gasteiger partial charge in [-0.3, -0.25) is 4.79 Å². The molecule has 3 rings (SSSR count). The lowest BCUT2D eigenvalue weighted by atomic mass is 10.1. The topological polar surface area (TPSA) is 71.8 Å². The summed E-state index contributed by atoms with van der Waals surface area (Å²) in [5.41, 5.74) is 0.382. The molecular formula is C13H17N5OS. The van der Waals surface area contributed by atoms with Crippen LogP contribution < -0.4 is 10.6 Å². The van der Waals surface area contributed by atoms with Crippen molar-refractivity contribution in [3.63, 3.8) is 0 Å². The summed E-state index contributed by atoms with van der Waals surface area (Å²) in [7, 11) is 0. The van der Waals surface area contributed by atoms with Gasteiger partial charge in [-0.25, -0.2) is 4.68 Å². The summed E-state index contributed by atoms with van der Waals surface area (Å²) in [6.45, 7) is 2.52. The number of aromatic nitrogens is 3. The summed E-state index contributed by atoms with van der Waals surface area (Å²) in [5.74, 6) is -0.142. The Labute approximate surface area is 121 Å². The van der Waals surface area contributed by atoms with Crippen LogP contribution in [0.1, 0.15) is 28.2 Å². The van der Waals surface area contributed by atoms with Crippen molar-refractivity contribution in [1.82, 2.24) is 25.6 Å². The molecule has 1 aliphatic heterocycles. The Morgan fingerprint density at radius 1 is 1.60 bits per heavy atom. The minimum atomic E-state index is -0.142. The number of amides is 1. The highest BCUT2D eigenvalue weighted by Crippen LogP contribution is 2.10. The second kappa shape index (κ2) is 6.15. The maximum absolute atomic E-state index is 12.1. The number of piperidine rings is 1. The number of hydrogen-bond acceptors (Lipinski definition) is 5. The first kappa shape index (κ1) is 13.3. The largest absolute Gasteiger partial charge is 0.347 e. The summed E-state index contributed by atoms with van der Waals surface area (Å²) in [6, 6.07) is 4.24. The number of nitrogens with zero attached hydrogens (tertiary/aromatic N) is 3. The van der Waals surface area contributed by atoms with Gasteiger partial charge in [0.2, 0.25) is 0 Å². The highest BCUT2D eigenvalue weighted by Gasteiger charge is 2.18. The van der Waals surface area contributed by atoms with Crippen molar-refractivity contribution in [3.8, 4) is 0 Å². The first-order valence-corrected chi connectivity index (χ1v) is 7.63. The quantitative estimate of drug-likeness (QED) is 0.877. The zero-order chi connectivity index (χ0) is 13.8. The van der Waals surface area contributed by atoms with Crippen LogP contribution in [0.3, 0.4) is 0 Å². The number of hydrogen-bond donors (Lipinski definition) is 2. The van der Waals surface area contributed by atoms with Gasteiger partial charge >= 0.3 is 0 Å². The highest BCUT2D eigenvalue weighted by atomic mass is 32.1. The van der Waals surface area contributed by atoms with E-state index in [0.717, 1.165) is 25.9 Å². The molecule has 1 aliphatic rings. The van der Waals surface area contributed by atoms with E-state index >= 15 is 0 Å². The van der Waals surface area contributed by atoms with Gasteiger partial charge in [-0.15, -0.1) is 16.4 Å². The third-order valence-corrected chi connectivity index (χ3v) is 4.16. The summed E-state index contributed by atoms with van der Waals surface area (Å²) < 4.78 is 1.69. The molecule has 0 saturated carbocycles. The third-order valence-electron chi connectivity index (χ3n) is 3.30. The minimum absolute atomic E-state index is 0.142. The number of rotatable bonds is 4. The Kier molecular flexibility index (Phi) is 4.08. The predicted octanol–water partition coefficient (Wildman–Crippen LogP) is 0.870. The summed E-state index contributed by atoms with van der Waals surface area (Å²) in [5, 5.41) is 16.2. The molecule has 2 aromatic heterocycles. The fraction of sp³-hybridized carbons (Fsp3) is 0.462. The summed E-state index contributed by atoms with van der Waals surface area (Å²) in [4.78, 5) is 13.3. The van der Waals surface area contributed by atoms with Crippen LogP contribution in [0.15, 0.2) is 23.7 Å². The van der Waals surface area contributed by atoms with Gasteiger partial charge in [-0.05, 0) is 30.8 Å². The molecule has 1 fully saturated rings. The Morgan fingerprint density at radius 2 is 2.55 bits per heavy atom. The van der Waals surface area contributed by atoms with Crippen LogP contribution in [0.25, 0.3) is 0 Å². The molecule has 0 radical (unpaired) electrons. The van der Waals surface area contributed by atoms with E-state index in [1.807, 2.05) is 17.5 Å². The molecule has 0 aromatic carbocycles. The molecule has 20 heavy (non-hydrogen) atoms. The summed E-state index contributed by atoms with van der Waals surface area (Å²) >= 11 is 1.67. The van der Waals surface area contributed by atoms with Crippen LogP contribution in [0, 0.1) is 0 Å². The average Bonchev–Trinajstić information content (AvgIpc) is 3.12. The Morgan fingerprint density at radius 3 is 3.30 bits per heavy atom. The molecule has 1 atom stereocenters. The van der Waals surface area contributed by atoms with Gasteiger partial charge < -0.3 is 10.6 Å². The SMILES string of the molecule is O=C(N[C@H]1CCCNC1)c1cn(Cc2cccs2)nn1. The minimum Gasteiger partial charge on any atom is -0.347 e. The van der Waals surface area contributed by atoms with Crippen molar-refractivity contribution in [3.05, 3.63) is 34.3 Å². The van der Waals surface area contributed by atoms with Gasteiger partial charge in [0.15, 0.2) is 5.69 Å². The zero-order valence-corrected chi connectivity index (χ0v) is 11.9. The molecular weight excluding hydrogens is 274 g/mol. The first-order chi connectivity index (χ1) is 9.81. The number of carbonyl (C=O) groups is 1. The van der Waals surface area contributed by atoms with E-state index in [1.54, 1.807) is 22.2 Å². The van der Waals surface area contributed by atoms with Crippen LogP contribution in [0.2, 0.25) is 0 Å². The fourth-order valence-corrected chi connectivity index (χ4v) is 2.97. The third kappa shape index (κ3) is 3.23. The maximum atomic E-state index is 12.1. The van der Waals surface area contributed by atoms with Gasteiger partial charge in [0.25, 0.3) is 5.91 Å². The molecule has 2 aromatic rings. The van der Waals surface area contributed by atoms with Gasteiger partial charge in [0, 0.05) is 17.5 Å². The fourth-order valence-electron chi connectivity index (χ4n) is 2.28. The van der Waals surface area contributed by atoms with E-state index in [-0.39, 0.29) is 11.9 Å². The highest BCUT2D eigenvalue weighted by molar-refractivity contribution is 7.09. The van der Waals surface area contributed by atoms with E-state index in [1.165, 1.54) is 4.88 Å². The van der Waals surface area contributed by atoms with Crippen molar-refractivity contribution < 1.29 is 4.79 Å². The zero-order valence-electron chi connectivity index (χ0n) is 11.1. The molecule has 0 bridgehead atoms. The van der Waals surface area contributed by atoms with E-state index < -0.39 is 0 Å². The molecule has 7 heteroatoms. The van der Waals surface area contributed by atoms with Gasteiger partial charge in [0.05, 0.1) is 12.7 Å². The van der Waals surface area contributed by atoms with Gasteiger partial charge in [0.1, 0.15) is 0 Å². The molecule has 6 nitrogen and oxygen atoms in total. The molecule has 1 amide bonds. The lowest BCUT2D eigenvalue weighted by molar-refractivity contribution is 0.0925. The second-order valence-electron chi connectivity index (χ2n) is 4.90. The molecule has 1 saturated heterocycles. The number of carbonyl (C=O) groups excluding carboxylic acids is 1. The van der Waals surface area contributed by atoms with E-state index in [0.29, 0.717) is 12.2 Å². The average molecular weight is 291 g/mol. The Hall–Kier alpha value is -1.73. The van der Waals surface area contributed by atoms with Crippen molar-refractivity contribution in [2.75, 3.05) is 13.1 Å². The van der Waals surface area contributed by atoms with Crippen LogP contribution in [-0.2, 0) is 6.54 Å². The molecule has 2 N–H and O–H groups in total. The van der Waals surface area contributed by atoms with Crippen LogP contribution >= 0.6 is 11.3 Å². The van der Waals surface area contributed by atoms with Crippen molar-refractivity contribution >= 4 is 17.2 Å². The smallest absolute Gasteiger partial charge is 0.273 e.